The van der Waals surface area contributed by atoms with Gasteiger partial charge in [0.1, 0.15) is 0 Å². The van der Waals surface area contributed by atoms with Crippen molar-refractivity contribution in [2.75, 3.05) is 13.1 Å². The van der Waals surface area contributed by atoms with Gasteiger partial charge in [-0.25, -0.2) is 4.79 Å². The molecule has 1 heterocycles. The molecule has 4 saturated carbocycles. The van der Waals surface area contributed by atoms with Gasteiger partial charge in [-0.1, -0.05) is 0 Å². The molecule has 20 heavy (non-hydrogen) atoms. The number of β-amino-alcohol motifs (C(OH)–C–C–N with tert-alkyl or cyclic N) is 1. The summed E-state index contributed by atoms with van der Waals surface area (Å²) in [5, 5.41) is 13.4. The van der Waals surface area contributed by atoms with E-state index in [0.29, 0.717) is 19.5 Å². The summed E-state index contributed by atoms with van der Waals surface area (Å²) in [5.41, 5.74) is -0.612. The molecule has 0 aromatic carbocycles. The molecule has 4 heteroatoms. The number of aliphatic hydroxyl groups is 1. The Labute approximate surface area is 120 Å². The van der Waals surface area contributed by atoms with E-state index >= 15 is 0 Å². The molecule has 0 aromatic rings. The van der Waals surface area contributed by atoms with E-state index in [0.717, 1.165) is 17.8 Å². The van der Waals surface area contributed by atoms with Crippen molar-refractivity contribution in [2.24, 2.45) is 17.8 Å². The van der Waals surface area contributed by atoms with E-state index in [9.17, 15) is 9.90 Å². The third kappa shape index (κ3) is 2.12. The normalized spacial score (nSPS) is 49.7. The van der Waals surface area contributed by atoms with Crippen LogP contribution in [0.2, 0.25) is 0 Å². The summed E-state index contributed by atoms with van der Waals surface area (Å²) in [4.78, 5) is 14.3. The molecule has 4 nitrogen and oxygen atoms in total. The van der Waals surface area contributed by atoms with Crippen LogP contribution >= 0.6 is 0 Å². The lowest BCUT2D eigenvalue weighted by Gasteiger charge is -2.57. The number of likely N-dealkylation sites (tertiary alicyclic amines) is 1. The van der Waals surface area contributed by atoms with E-state index in [2.05, 4.69) is 5.32 Å². The van der Waals surface area contributed by atoms with Crippen molar-refractivity contribution >= 4 is 6.03 Å². The van der Waals surface area contributed by atoms with E-state index in [1.54, 1.807) is 4.90 Å². The number of nitrogens with zero attached hydrogens (tertiary/aromatic N) is 1. The highest BCUT2D eigenvalue weighted by molar-refractivity contribution is 5.75. The Bertz CT molecular complexity index is 397. The van der Waals surface area contributed by atoms with E-state index in [1.807, 2.05) is 6.92 Å². The van der Waals surface area contributed by atoms with Gasteiger partial charge in [0.25, 0.3) is 0 Å². The topological polar surface area (TPSA) is 52.6 Å². The second kappa shape index (κ2) is 4.12. The number of rotatable bonds is 1. The van der Waals surface area contributed by atoms with E-state index in [-0.39, 0.29) is 11.6 Å². The summed E-state index contributed by atoms with van der Waals surface area (Å²) < 4.78 is 0. The van der Waals surface area contributed by atoms with Crippen LogP contribution in [0, 0.1) is 17.8 Å². The lowest BCUT2D eigenvalue weighted by Crippen LogP contribution is -2.61. The van der Waals surface area contributed by atoms with Gasteiger partial charge in [0.2, 0.25) is 0 Å². The Kier molecular flexibility index (Phi) is 2.67. The Hall–Kier alpha value is -0.770. The molecule has 112 valence electrons. The molecular formula is C16H26N2O2. The second-order valence-electron chi connectivity index (χ2n) is 8.30. The Balaban J connectivity index is 1.45. The zero-order valence-electron chi connectivity index (χ0n) is 12.4. The number of urea groups is 1. The summed E-state index contributed by atoms with van der Waals surface area (Å²) in [6, 6.07) is 0.0599. The van der Waals surface area contributed by atoms with Gasteiger partial charge in [0, 0.05) is 12.1 Å². The van der Waals surface area contributed by atoms with Crippen LogP contribution in [0.4, 0.5) is 4.79 Å². The van der Waals surface area contributed by atoms with Gasteiger partial charge in [-0.15, -0.1) is 0 Å². The van der Waals surface area contributed by atoms with Gasteiger partial charge in [0.15, 0.2) is 0 Å². The van der Waals surface area contributed by atoms with Crippen molar-refractivity contribution in [3.63, 3.8) is 0 Å². The summed E-state index contributed by atoms with van der Waals surface area (Å²) in [6.45, 7) is 2.99. The van der Waals surface area contributed by atoms with Crippen molar-refractivity contribution in [3.05, 3.63) is 0 Å². The molecule has 0 radical (unpaired) electrons. The Morgan fingerprint density at radius 1 is 1.15 bits per heavy atom. The maximum atomic E-state index is 12.5. The molecule has 1 atom stereocenters. The quantitative estimate of drug-likeness (QED) is 0.772. The Morgan fingerprint density at radius 2 is 1.70 bits per heavy atom. The number of carbonyl (C=O) groups excluding carboxylic acids is 1. The lowest BCUT2D eigenvalue weighted by atomic mass is 9.53. The number of nitrogens with one attached hydrogen (secondary N) is 1. The molecule has 0 aromatic heterocycles. The van der Waals surface area contributed by atoms with Gasteiger partial charge in [-0.2, -0.15) is 0 Å². The van der Waals surface area contributed by atoms with Crippen LogP contribution in [0.3, 0.4) is 0 Å². The highest BCUT2D eigenvalue weighted by Gasteiger charge is 2.52. The van der Waals surface area contributed by atoms with Crippen LogP contribution in [-0.4, -0.2) is 40.3 Å². The minimum Gasteiger partial charge on any atom is -0.388 e. The summed E-state index contributed by atoms with van der Waals surface area (Å²) >= 11 is 0. The van der Waals surface area contributed by atoms with Gasteiger partial charge in [0.05, 0.1) is 12.1 Å². The molecule has 2 amide bonds. The fourth-order valence-electron chi connectivity index (χ4n) is 5.69. The van der Waals surface area contributed by atoms with Crippen LogP contribution in [0.15, 0.2) is 0 Å². The number of hydrogen-bond donors (Lipinski definition) is 2. The minimum absolute atomic E-state index is 0.0599. The minimum atomic E-state index is -0.696. The maximum absolute atomic E-state index is 12.5. The average Bonchev–Trinajstić information content (AvgIpc) is 2.67. The van der Waals surface area contributed by atoms with E-state index in [4.69, 9.17) is 0 Å². The van der Waals surface area contributed by atoms with Crippen LogP contribution in [0.25, 0.3) is 0 Å². The predicted molar refractivity (Wildman–Crippen MR) is 76.2 cm³/mol. The molecule has 1 unspecified atom stereocenters. The van der Waals surface area contributed by atoms with E-state index < -0.39 is 5.60 Å². The SMILES string of the molecule is CC1(O)CCN(C(=O)NC23CC4CC(CC(C4)C2)C3)C1. The molecule has 5 fully saturated rings. The largest absolute Gasteiger partial charge is 0.388 e. The first-order valence-electron chi connectivity index (χ1n) is 8.23. The molecule has 5 rings (SSSR count). The third-order valence-electron chi connectivity index (χ3n) is 6.15. The van der Waals surface area contributed by atoms with Gasteiger partial charge < -0.3 is 15.3 Å². The smallest absolute Gasteiger partial charge is 0.317 e. The number of hydrogen-bond acceptors (Lipinski definition) is 2. The predicted octanol–water partition coefficient (Wildman–Crippen LogP) is 2.12. The zero-order valence-corrected chi connectivity index (χ0v) is 12.4. The highest BCUT2D eigenvalue weighted by Crippen LogP contribution is 2.55. The van der Waals surface area contributed by atoms with Crippen molar-refractivity contribution < 1.29 is 9.90 Å². The first-order valence-corrected chi connectivity index (χ1v) is 8.23. The number of carbonyl (C=O) groups is 1. The maximum Gasteiger partial charge on any atom is 0.317 e. The first kappa shape index (κ1) is 12.9. The van der Waals surface area contributed by atoms with Crippen LogP contribution in [0.1, 0.15) is 51.9 Å². The summed E-state index contributed by atoms with van der Waals surface area (Å²) in [5.74, 6) is 2.55. The van der Waals surface area contributed by atoms with Gasteiger partial charge in [-0.05, 0) is 69.6 Å². The molecule has 5 aliphatic rings. The molecule has 4 bridgehead atoms. The van der Waals surface area contributed by atoms with E-state index in [1.165, 1.54) is 38.5 Å². The fraction of sp³-hybridized carbons (Fsp3) is 0.938. The fourth-order valence-corrected chi connectivity index (χ4v) is 5.69. The molecule has 1 saturated heterocycles. The molecule has 4 aliphatic carbocycles. The first-order chi connectivity index (χ1) is 9.43. The molecule has 1 aliphatic heterocycles. The molecule has 2 N–H and O–H groups in total. The lowest BCUT2D eigenvalue weighted by molar-refractivity contribution is -0.0158. The molecular weight excluding hydrogens is 252 g/mol. The van der Waals surface area contributed by atoms with Crippen molar-refractivity contribution in [1.29, 1.82) is 0 Å². The highest BCUT2D eigenvalue weighted by atomic mass is 16.3. The Morgan fingerprint density at radius 3 is 2.15 bits per heavy atom. The summed E-state index contributed by atoms with van der Waals surface area (Å²) in [7, 11) is 0. The third-order valence-corrected chi connectivity index (χ3v) is 6.15. The van der Waals surface area contributed by atoms with Crippen molar-refractivity contribution in [1.82, 2.24) is 10.2 Å². The van der Waals surface area contributed by atoms with Crippen molar-refractivity contribution in [3.8, 4) is 0 Å². The average molecular weight is 278 g/mol. The van der Waals surface area contributed by atoms with Crippen molar-refractivity contribution in [2.45, 2.75) is 63.0 Å². The number of amides is 2. The monoisotopic (exact) mass is 278 g/mol. The van der Waals surface area contributed by atoms with Crippen LogP contribution in [-0.2, 0) is 0 Å². The van der Waals surface area contributed by atoms with Gasteiger partial charge >= 0.3 is 6.03 Å². The van der Waals surface area contributed by atoms with Crippen LogP contribution < -0.4 is 5.32 Å². The summed E-state index contributed by atoms with van der Waals surface area (Å²) in [6.07, 6.45) is 8.45. The second-order valence-corrected chi connectivity index (χ2v) is 8.30. The zero-order chi connectivity index (χ0) is 14.0. The van der Waals surface area contributed by atoms with Gasteiger partial charge in [-0.3, -0.25) is 0 Å². The molecule has 0 spiro atoms. The van der Waals surface area contributed by atoms with Crippen LogP contribution in [0.5, 0.6) is 0 Å². The standard InChI is InChI=1S/C16H26N2O2/c1-15(20)2-3-18(10-15)14(19)17-16-7-11-4-12(8-16)6-13(5-11)9-16/h11-13,20H,2-10H2,1H3,(H,17,19).